The van der Waals surface area contributed by atoms with E-state index in [-0.39, 0.29) is 0 Å². The quantitative estimate of drug-likeness (QED) is 0.756. The van der Waals surface area contributed by atoms with Crippen LogP contribution in [0.5, 0.6) is 0 Å². The minimum atomic E-state index is 0.564. The first kappa shape index (κ1) is 12.0. The SMILES string of the molecule is Cc1cc2nc(C)c3nnc(CCN)n3c2cc1C. The third kappa shape index (κ3) is 1.77. The van der Waals surface area contributed by atoms with E-state index in [0.717, 1.165) is 28.2 Å². The molecule has 3 aromatic rings. The molecular weight excluding hydrogens is 238 g/mol. The third-order valence-corrected chi connectivity index (χ3v) is 3.54. The van der Waals surface area contributed by atoms with Gasteiger partial charge in [-0.3, -0.25) is 4.40 Å². The smallest absolute Gasteiger partial charge is 0.182 e. The second-order valence-electron chi connectivity index (χ2n) is 4.94. The maximum atomic E-state index is 5.65. The van der Waals surface area contributed by atoms with Gasteiger partial charge < -0.3 is 5.73 Å². The van der Waals surface area contributed by atoms with Gasteiger partial charge >= 0.3 is 0 Å². The van der Waals surface area contributed by atoms with Gasteiger partial charge in [-0.25, -0.2) is 4.98 Å². The van der Waals surface area contributed by atoms with Crippen LogP contribution in [0.1, 0.15) is 22.6 Å². The van der Waals surface area contributed by atoms with Crippen LogP contribution in [0.15, 0.2) is 12.1 Å². The Balaban J connectivity index is 2.48. The molecule has 98 valence electrons. The number of rotatable bonds is 2. The molecule has 0 aliphatic rings. The number of hydrogen-bond acceptors (Lipinski definition) is 4. The molecule has 0 atom stereocenters. The van der Waals surface area contributed by atoms with E-state index < -0.39 is 0 Å². The van der Waals surface area contributed by atoms with Crippen molar-refractivity contribution < 1.29 is 0 Å². The Morgan fingerprint density at radius 1 is 1.11 bits per heavy atom. The maximum absolute atomic E-state index is 5.65. The summed E-state index contributed by atoms with van der Waals surface area (Å²) in [7, 11) is 0. The van der Waals surface area contributed by atoms with E-state index in [1.807, 2.05) is 6.92 Å². The zero-order valence-corrected chi connectivity index (χ0v) is 11.4. The predicted octanol–water partition coefficient (Wildman–Crippen LogP) is 1.70. The molecule has 19 heavy (non-hydrogen) atoms. The lowest BCUT2D eigenvalue weighted by Gasteiger charge is -2.08. The van der Waals surface area contributed by atoms with Crippen LogP contribution in [0.2, 0.25) is 0 Å². The first-order valence-corrected chi connectivity index (χ1v) is 6.43. The minimum Gasteiger partial charge on any atom is -0.330 e. The first-order chi connectivity index (χ1) is 9.11. The van der Waals surface area contributed by atoms with E-state index in [2.05, 4.69) is 45.6 Å². The van der Waals surface area contributed by atoms with Gasteiger partial charge in [-0.15, -0.1) is 10.2 Å². The molecule has 1 aromatic carbocycles. The summed E-state index contributed by atoms with van der Waals surface area (Å²) in [5, 5.41) is 8.48. The molecule has 0 aliphatic heterocycles. The molecule has 0 radical (unpaired) electrons. The second-order valence-corrected chi connectivity index (χ2v) is 4.94. The zero-order chi connectivity index (χ0) is 13.6. The van der Waals surface area contributed by atoms with E-state index in [9.17, 15) is 0 Å². The van der Waals surface area contributed by atoms with Crippen molar-refractivity contribution in [3.8, 4) is 0 Å². The second kappa shape index (κ2) is 4.28. The highest BCUT2D eigenvalue weighted by Crippen LogP contribution is 2.21. The molecule has 3 rings (SSSR count). The molecular formula is C14H17N5. The van der Waals surface area contributed by atoms with Gasteiger partial charge in [-0.2, -0.15) is 0 Å². The number of aromatic nitrogens is 4. The van der Waals surface area contributed by atoms with Gasteiger partial charge in [-0.1, -0.05) is 0 Å². The molecule has 5 nitrogen and oxygen atoms in total. The standard InChI is InChI=1S/C14H17N5/c1-8-6-11-12(7-9(8)2)19-13(4-5-15)17-18-14(19)10(3)16-11/h6-7H,4-5,15H2,1-3H3. The Morgan fingerprint density at radius 2 is 1.84 bits per heavy atom. The summed E-state index contributed by atoms with van der Waals surface area (Å²) in [5.74, 6) is 0.899. The van der Waals surface area contributed by atoms with Gasteiger partial charge in [0.1, 0.15) is 5.82 Å². The summed E-state index contributed by atoms with van der Waals surface area (Å²) in [6, 6.07) is 4.26. The van der Waals surface area contributed by atoms with Crippen molar-refractivity contribution in [2.75, 3.05) is 6.54 Å². The Bertz CT molecular complexity index is 772. The molecule has 0 amide bonds. The molecule has 2 aromatic heterocycles. The largest absolute Gasteiger partial charge is 0.330 e. The number of aryl methyl sites for hydroxylation is 3. The molecule has 0 saturated carbocycles. The predicted molar refractivity (Wildman–Crippen MR) is 75.3 cm³/mol. The van der Waals surface area contributed by atoms with Crippen LogP contribution in [0.4, 0.5) is 0 Å². The highest BCUT2D eigenvalue weighted by Gasteiger charge is 2.13. The fourth-order valence-corrected chi connectivity index (χ4v) is 2.38. The molecule has 5 heteroatoms. The van der Waals surface area contributed by atoms with E-state index in [1.165, 1.54) is 11.1 Å². The van der Waals surface area contributed by atoms with Gasteiger partial charge in [0.2, 0.25) is 0 Å². The van der Waals surface area contributed by atoms with Crippen LogP contribution in [-0.2, 0) is 6.42 Å². The number of nitrogens with zero attached hydrogens (tertiary/aromatic N) is 4. The summed E-state index contributed by atoms with van der Waals surface area (Å²) in [4.78, 5) is 4.62. The fourth-order valence-electron chi connectivity index (χ4n) is 2.38. The average molecular weight is 255 g/mol. The van der Waals surface area contributed by atoms with Crippen molar-refractivity contribution >= 4 is 16.7 Å². The third-order valence-electron chi connectivity index (χ3n) is 3.54. The average Bonchev–Trinajstić information content (AvgIpc) is 2.78. The van der Waals surface area contributed by atoms with Crippen molar-refractivity contribution in [1.29, 1.82) is 0 Å². The summed E-state index contributed by atoms with van der Waals surface area (Å²) < 4.78 is 2.08. The Hall–Kier alpha value is -2.01. The van der Waals surface area contributed by atoms with Crippen LogP contribution in [0.3, 0.4) is 0 Å². The normalized spacial score (nSPS) is 11.6. The number of fused-ring (bicyclic) bond motifs is 3. The van der Waals surface area contributed by atoms with Crippen molar-refractivity contribution in [3.63, 3.8) is 0 Å². The first-order valence-electron chi connectivity index (χ1n) is 6.43. The fraction of sp³-hybridized carbons (Fsp3) is 0.357. The number of hydrogen-bond donors (Lipinski definition) is 1. The van der Waals surface area contributed by atoms with E-state index in [4.69, 9.17) is 5.73 Å². The van der Waals surface area contributed by atoms with Crippen LogP contribution in [0, 0.1) is 20.8 Å². The van der Waals surface area contributed by atoms with Crippen LogP contribution in [0.25, 0.3) is 16.7 Å². The van der Waals surface area contributed by atoms with Gasteiger partial charge in [0.05, 0.1) is 16.7 Å². The van der Waals surface area contributed by atoms with Crippen molar-refractivity contribution in [1.82, 2.24) is 19.6 Å². The van der Waals surface area contributed by atoms with Crippen LogP contribution < -0.4 is 5.73 Å². The van der Waals surface area contributed by atoms with Crippen molar-refractivity contribution in [2.45, 2.75) is 27.2 Å². The summed E-state index contributed by atoms with van der Waals surface area (Å²) in [6.45, 7) is 6.73. The highest BCUT2D eigenvalue weighted by molar-refractivity contribution is 5.80. The molecule has 0 fully saturated rings. The van der Waals surface area contributed by atoms with Gasteiger partial charge in [0, 0.05) is 6.42 Å². The zero-order valence-electron chi connectivity index (χ0n) is 11.4. The lowest BCUT2D eigenvalue weighted by molar-refractivity contribution is 0.856. The summed E-state index contributed by atoms with van der Waals surface area (Å²) >= 11 is 0. The molecule has 0 unspecified atom stereocenters. The van der Waals surface area contributed by atoms with Crippen molar-refractivity contribution in [3.05, 3.63) is 34.8 Å². The summed E-state index contributed by atoms with van der Waals surface area (Å²) in [6.07, 6.45) is 0.715. The number of nitrogens with two attached hydrogens (primary N) is 1. The van der Waals surface area contributed by atoms with Crippen molar-refractivity contribution in [2.24, 2.45) is 5.73 Å². The lowest BCUT2D eigenvalue weighted by Crippen LogP contribution is -2.07. The van der Waals surface area contributed by atoms with E-state index >= 15 is 0 Å². The number of benzene rings is 1. The molecule has 2 heterocycles. The van der Waals surface area contributed by atoms with Gasteiger partial charge in [0.25, 0.3) is 0 Å². The minimum absolute atomic E-state index is 0.564. The van der Waals surface area contributed by atoms with Gasteiger partial charge in [-0.05, 0) is 50.6 Å². The molecule has 0 aliphatic carbocycles. The molecule has 0 bridgehead atoms. The highest BCUT2D eigenvalue weighted by atomic mass is 15.3. The Labute approximate surface area is 111 Å². The molecule has 0 saturated heterocycles. The maximum Gasteiger partial charge on any atom is 0.182 e. The van der Waals surface area contributed by atoms with Crippen LogP contribution >= 0.6 is 0 Å². The molecule has 2 N–H and O–H groups in total. The van der Waals surface area contributed by atoms with E-state index in [1.54, 1.807) is 0 Å². The Kier molecular flexibility index (Phi) is 2.71. The monoisotopic (exact) mass is 255 g/mol. The Morgan fingerprint density at radius 3 is 2.58 bits per heavy atom. The topological polar surface area (TPSA) is 69.1 Å². The van der Waals surface area contributed by atoms with Gasteiger partial charge in [0.15, 0.2) is 5.65 Å². The lowest BCUT2D eigenvalue weighted by atomic mass is 10.1. The summed E-state index contributed by atoms with van der Waals surface area (Å²) in [5.41, 5.74) is 11.9. The van der Waals surface area contributed by atoms with E-state index in [0.29, 0.717) is 13.0 Å². The molecule has 0 spiro atoms. The van der Waals surface area contributed by atoms with Crippen LogP contribution in [-0.4, -0.2) is 26.1 Å².